The molecule has 0 aromatic heterocycles. The molecule has 2 unspecified atom stereocenters. The number of β-amino-alcohol motifs (C(OH)–C–C–N with tert-alkyl or cyclic N) is 1. The van der Waals surface area contributed by atoms with Crippen LogP contribution in [0.5, 0.6) is 0 Å². The minimum Gasteiger partial charge on any atom is -0.392 e. The standard InChI is InChI=1S/C9H17F3N2O/c1-2-14(6-9(10,11)12)5-7-3-8(15)4-13-7/h7-8,13,15H,2-6H2,1H3. The van der Waals surface area contributed by atoms with Crippen LogP contribution in [0.15, 0.2) is 0 Å². The largest absolute Gasteiger partial charge is 0.401 e. The fourth-order valence-electron chi connectivity index (χ4n) is 1.81. The molecule has 0 saturated carbocycles. The first-order chi connectivity index (χ1) is 6.90. The van der Waals surface area contributed by atoms with Gasteiger partial charge in [0.15, 0.2) is 0 Å². The van der Waals surface area contributed by atoms with Gasteiger partial charge in [0.1, 0.15) is 0 Å². The van der Waals surface area contributed by atoms with Gasteiger partial charge in [-0.05, 0) is 13.0 Å². The van der Waals surface area contributed by atoms with Gasteiger partial charge in [-0.2, -0.15) is 13.2 Å². The number of aliphatic hydroxyl groups is 1. The van der Waals surface area contributed by atoms with Gasteiger partial charge >= 0.3 is 6.18 Å². The van der Waals surface area contributed by atoms with E-state index in [2.05, 4.69) is 5.32 Å². The summed E-state index contributed by atoms with van der Waals surface area (Å²) < 4.78 is 36.4. The minimum absolute atomic E-state index is 0.0256. The Morgan fingerprint density at radius 3 is 2.53 bits per heavy atom. The highest BCUT2D eigenvalue weighted by molar-refractivity contribution is 4.83. The fraction of sp³-hybridized carbons (Fsp3) is 1.00. The zero-order valence-electron chi connectivity index (χ0n) is 8.72. The summed E-state index contributed by atoms with van der Waals surface area (Å²) in [5.41, 5.74) is 0. The van der Waals surface area contributed by atoms with Gasteiger partial charge in [0.05, 0.1) is 12.6 Å². The van der Waals surface area contributed by atoms with Gasteiger partial charge < -0.3 is 10.4 Å². The Balaban J connectivity index is 2.33. The van der Waals surface area contributed by atoms with Crippen molar-refractivity contribution in [3.05, 3.63) is 0 Å². The van der Waals surface area contributed by atoms with E-state index in [0.717, 1.165) is 0 Å². The molecule has 2 atom stereocenters. The second-order valence-corrected chi connectivity index (χ2v) is 3.94. The molecule has 90 valence electrons. The number of aliphatic hydroxyl groups excluding tert-OH is 1. The molecule has 3 nitrogen and oxygen atoms in total. The van der Waals surface area contributed by atoms with E-state index in [0.29, 0.717) is 26.1 Å². The predicted molar refractivity (Wildman–Crippen MR) is 50.6 cm³/mol. The Hall–Kier alpha value is -0.330. The number of nitrogens with one attached hydrogen (secondary N) is 1. The van der Waals surface area contributed by atoms with Gasteiger partial charge in [-0.3, -0.25) is 4.90 Å². The maximum Gasteiger partial charge on any atom is 0.401 e. The van der Waals surface area contributed by atoms with E-state index in [-0.39, 0.29) is 6.04 Å². The summed E-state index contributed by atoms with van der Waals surface area (Å²) in [5, 5.41) is 12.2. The Labute approximate surface area is 87.3 Å². The first-order valence-electron chi connectivity index (χ1n) is 5.11. The van der Waals surface area contributed by atoms with E-state index in [1.54, 1.807) is 6.92 Å². The number of hydrogen-bond acceptors (Lipinski definition) is 3. The third-order valence-corrected chi connectivity index (χ3v) is 2.53. The van der Waals surface area contributed by atoms with Crippen LogP contribution in [0.1, 0.15) is 13.3 Å². The van der Waals surface area contributed by atoms with Crippen LogP contribution in [-0.2, 0) is 0 Å². The second kappa shape index (κ2) is 5.14. The maximum absolute atomic E-state index is 12.1. The highest BCUT2D eigenvalue weighted by Crippen LogP contribution is 2.17. The summed E-state index contributed by atoms with van der Waals surface area (Å²) in [4.78, 5) is 1.34. The highest BCUT2D eigenvalue weighted by Gasteiger charge is 2.32. The number of nitrogens with zero attached hydrogens (tertiary/aromatic N) is 1. The number of likely N-dealkylation sites (N-methyl/N-ethyl adjacent to an activating group) is 1. The SMILES string of the molecule is CCN(CC1CC(O)CN1)CC(F)(F)F. The number of rotatable bonds is 4. The molecule has 0 spiro atoms. The van der Waals surface area contributed by atoms with E-state index in [9.17, 15) is 18.3 Å². The first-order valence-corrected chi connectivity index (χ1v) is 5.11. The van der Waals surface area contributed by atoms with Gasteiger partial charge in [-0.1, -0.05) is 6.92 Å². The highest BCUT2D eigenvalue weighted by atomic mass is 19.4. The molecule has 0 aromatic rings. The topological polar surface area (TPSA) is 35.5 Å². The van der Waals surface area contributed by atoms with Crippen molar-refractivity contribution in [2.24, 2.45) is 0 Å². The van der Waals surface area contributed by atoms with Crippen LogP contribution in [0.3, 0.4) is 0 Å². The van der Waals surface area contributed by atoms with Crippen molar-refractivity contribution < 1.29 is 18.3 Å². The van der Waals surface area contributed by atoms with Crippen molar-refractivity contribution in [3.63, 3.8) is 0 Å². The fourth-order valence-corrected chi connectivity index (χ4v) is 1.81. The summed E-state index contributed by atoms with van der Waals surface area (Å²) in [7, 11) is 0. The molecular weight excluding hydrogens is 209 g/mol. The zero-order valence-corrected chi connectivity index (χ0v) is 8.72. The number of alkyl halides is 3. The van der Waals surface area contributed by atoms with E-state index in [4.69, 9.17) is 0 Å². The number of hydrogen-bond donors (Lipinski definition) is 2. The molecule has 0 amide bonds. The third kappa shape index (κ3) is 4.81. The molecule has 15 heavy (non-hydrogen) atoms. The lowest BCUT2D eigenvalue weighted by Gasteiger charge is -2.24. The minimum atomic E-state index is -4.15. The summed E-state index contributed by atoms with van der Waals surface area (Å²) in [5.74, 6) is 0. The van der Waals surface area contributed by atoms with Crippen LogP contribution in [0.2, 0.25) is 0 Å². The smallest absolute Gasteiger partial charge is 0.392 e. The molecule has 0 radical (unpaired) electrons. The Kier molecular flexibility index (Phi) is 4.36. The van der Waals surface area contributed by atoms with Crippen molar-refractivity contribution in [3.8, 4) is 0 Å². The van der Waals surface area contributed by atoms with Crippen molar-refractivity contribution in [1.29, 1.82) is 0 Å². The van der Waals surface area contributed by atoms with E-state index < -0.39 is 18.8 Å². The molecule has 2 N–H and O–H groups in total. The lowest BCUT2D eigenvalue weighted by atomic mass is 10.2. The molecule has 0 aliphatic carbocycles. The van der Waals surface area contributed by atoms with Gasteiger partial charge in [0.2, 0.25) is 0 Å². The van der Waals surface area contributed by atoms with Crippen LogP contribution in [0.4, 0.5) is 13.2 Å². The monoisotopic (exact) mass is 226 g/mol. The van der Waals surface area contributed by atoms with Crippen molar-refractivity contribution in [2.75, 3.05) is 26.2 Å². The van der Waals surface area contributed by atoms with Gasteiger partial charge in [0, 0.05) is 19.1 Å². The molecule has 1 aliphatic heterocycles. The molecule has 1 heterocycles. The molecule has 1 saturated heterocycles. The average molecular weight is 226 g/mol. The zero-order chi connectivity index (χ0) is 11.5. The first kappa shape index (κ1) is 12.7. The van der Waals surface area contributed by atoms with Crippen LogP contribution < -0.4 is 5.32 Å². The summed E-state index contributed by atoms with van der Waals surface area (Å²) in [6.07, 6.45) is -4.03. The lowest BCUT2D eigenvalue weighted by Crippen LogP contribution is -2.42. The van der Waals surface area contributed by atoms with E-state index in [1.807, 2.05) is 0 Å². The molecule has 6 heteroatoms. The van der Waals surface area contributed by atoms with Crippen molar-refractivity contribution in [1.82, 2.24) is 10.2 Å². The van der Waals surface area contributed by atoms with Gasteiger partial charge in [-0.25, -0.2) is 0 Å². The molecule has 1 rings (SSSR count). The summed E-state index contributed by atoms with van der Waals surface area (Å²) in [6, 6.07) is -0.0256. The molecule has 1 aliphatic rings. The Bertz CT molecular complexity index is 198. The molecule has 0 bridgehead atoms. The summed E-state index contributed by atoms with van der Waals surface area (Å²) in [6.45, 7) is 2.02. The van der Waals surface area contributed by atoms with Gasteiger partial charge in [0.25, 0.3) is 0 Å². The maximum atomic E-state index is 12.1. The Morgan fingerprint density at radius 2 is 2.13 bits per heavy atom. The predicted octanol–water partition coefficient (Wildman–Crippen LogP) is 0.593. The molecular formula is C9H17F3N2O. The summed E-state index contributed by atoms with van der Waals surface area (Å²) >= 11 is 0. The van der Waals surface area contributed by atoms with Crippen molar-refractivity contribution in [2.45, 2.75) is 31.7 Å². The molecule has 0 aromatic carbocycles. The quantitative estimate of drug-likeness (QED) is 0.736. The van der Waals surface area contributed by atoms with Gasteiger partial charge in [-0.15, -0.1) is 0 Å². The Morgan fingerprint density at radius 1 is 1.47 bits per heavy atom. The van der Waals surface area contributed by atoms with Crippen molar-refractivity contribution >= 4 is 0 Å². The van der Waals surface area contributed by atoms with E-state index >= 15 is 0 Å². The molecule has 1 fully saturated rings. The third-order valence-electron chi connectivity index (χ3n) is 2.53. The van der Waals surface area contributed by atoms with Crippen LogP contribution in [0.25, 0.3) is 0 Å². The van der Waals surface area contributed by atoms with Crippen LogP contribution in [0, 0.1) is 0 Å². The number of halogens is 3. The normalized spacial score (nSPS) is 27.6. The second-order valence-electron chi connectivity index (χ2n) is 3.94. The lowest BCUT2D eigenvalue weighted by molar-refractivity contribution is -0.146. The average Bonchev–Trinajstić information content (AvgIpc) is 2.47. The van der Waals surface area contributed by atoms with Crippen LogP contribution >= 0.6 is 0 Å². The van der Waals surface area contributed by atoms with E-state index in [1.165, 1.54) is 4.90 Å². The van der Waals surface area contributed by atoms with Crippen LogP contribution in [-0.4, -0.2) is 54.5 Å².